The number of benzene rings is 3. The van der Waals surface area contributed by atoms with Gasteiger partial charge in [0.25, 0.3) is 0 Å². The molecule has 0 fully saturated rings. The highest BCUT2D eigenvalue weighted by atomic mass is 32.1. The van der Waals surface area contributed by atoms with Gasteiger partial charge in [0.2, 0.25) is 0 Å². The highest BCUT2D eigenvalue weighted by molar-refractivity contribution is 7.78. The van der Waals surface area contributed by atoms with Crippen LogP contribution in [-0.2, 0) is 0 Å². The molecular weight excluding hydrogens is 356 g/mol. The maximum atomic E-state index is 12.7. The van der Waals surface area contributed by atoms with Gasteiger partial charge in [0, 0.05) is 11.1 Å². The van der Waals surface area contributed by atoms with Gasteiger partial charge in [0.05, 0.1) is 0 Å². The number of rotatable bonds is 6. The average Bonchev–Trinajstić information content (AvgIpc) is 2.69. The Balaban J connectivity index is 1.83. The first-order valence-electron chi connectivity index (χ1n) is 8.43. The van der Waals surface area contributed by atoms with Gasteiger partial charge in [-0.1, -0.05) is 78.1 Å². The van der Waals surface area contributed by atoms with Crippen LogP contribution in [0.15, 0.2) is 78.9 Å². The van der Waals surface area contributed by atoms with E-state index in [4.69, 9.17) is 4.74 Å². The number of hydrogen-bond acceptors (Lipinski definition) is 3. The predicted octanol–water partition coefficient (Wildman–Crippen LogP) is 4.08. The van der Waals surface area contributed by atoms with E-state index in [-0.39, 0.29) is 5.78 Å². The summed E-state index contributed by atoms with van der Waals surface area (Å²) in [6.07, 6.45) is 0. The molecule has 0 amide bonds. The number of carbonyl (C=O) groups excluding carboxylic acids is 1. The van der Waals surface area contributed by atoms with Crippen molar-refractivity contribution in [3.63, 3.8) is 0 Å². The zero-order valence-electron chi connectivity index (χ0n) is 14.8. The largest absolute Gasteiger partial charge is 0.454 e. The van der Waals surface area contributed by atoms with Crippen molar-refractivity contribution >= 4 is 42.0 Å². The third-order valence-corrected chi connectivity index (χ3v) is 8.31. The van der Waals surface area contributed by atoms with Gasteiger partial charge in [-0.2, -0.15) is 0 Å². The number of hydrogen-bond donors (Lipinski definition) is 0. The Kier molecular flexibility index (Phi) is 5.45. The molecule has 4 heteroatoms. The summed E-state index contributed by atoms with van der Waals surface area (Å²) in [5.74, 6) is 0.632. The predicted molar refractivity (Wildman–Crippen MR) is 114 cm³/mol. The molecule has 0 N–H and O–H groups in total. The lowest BCUT2D eigenvalue weighted by molar-refractivity contribution is 0.103. The fourth-order valence-electron chi connectivity index (χ4n) is 2.97. The second kappa shape index (κ2) is 7.77. The first kappa shape index (κ1) is 18.2. The van der Waals surface area contributed by atoms with E-state index < -0.39 is 8.07 Å². The first-order chi connectivity index (χ1) is 12.5. The van der Waals surface area contributed by atoms with Crippen molar-refractivity contribution in [3.05, 3.63) is 90.0 Å². The molecular formula is C22H20O2SSi. The number of thiocarbonyl (C=S) groups is 1. The van der Waals surface area contributed by atoms with Gasteiger partial charge < -0.3 is 4.74 Å². The van der Waals surface area contributed by atoms with Gasteiger partial charge in [0.1, 0.15) is 13.8 Å². The second-order valence-electron chi connectivity index (χ2n) is 6.64. The summed E-state index contributed by atoms with van der Waals surface area (Å²) < 4.78 is 5.12. The van der Waals surface area contributed by atoms with Crippen LogP contribution in [-0.4, -0.2) is 19.4 Å². The molecule has 0 aliphatic carbocycles. The molecule has 0 atom stereocenters. The Hall–Kier alpha value is -2.56. The maximum Gasteiger partial charge on any atom is 0.193 e. The smallest absolute Gasteiger partial charge is 0.193 e. The third kappa shape index (κ3) is 3.82. The minimum atomic E-state index is -1.75. The number of ether oxygens (including phenoxy) is 1. The Labute approximate surface area is 160 Å². The average molecular weight is 377 g/mol. The fourth-order valence-corrected chi connectivity index (χ4v) is 5.44. The van der Waals surface area contributed by atoms with E-state index in [2.05, 4.69) is 61.7 Å². The van der Waals surface area contributed by atoms with E-state index in [1.54, 1.807) is 24.3 Å². The van der Waals surface area contributed by atoms with Crippen LogP contribution in [0.5, 0.6) is 5.75 Å². The van der Waals surface area contributed by atoms with Gasteiger partial charge in [-0.05, 0) is 36.5 Å². The van der Waals surface area contributed by atoms with Crippen LogP contribution in [0, 0.1) is 0 Å². The molecule has 0 saturated heterocycles. The number of ketones is 1. The van der Waals surface area contributed by atoms with Gasteiger partial charge in [0.15, 0.2) is 11.3 Å². The lowest BCUT2D eigenvalue weighted by Crippen LogP contribution is -2.52. The van der Waals surface area contributed by atoms with Crippen LogP contribution in [0.1, 0.15) is 15.9 Å². The van der Waals surface area contributed by atoms with Crippen LogP contribution in [0.2, 0.25) is 13.1 Å². The molecule has 0 radical (unpaired) electrons. The molecule has 3 rings (SSSR count). The Bertz CT molecular complexity index is 901. The van der Waals surface area contributed by atoms with E-state index in [9.17, 15) is 4.79 Å². The van der Waals surface area contributed by atoms with Crippen LogP contribution >= 0.6 is 12.2 Å². The lowest BCUT2D eigenvalue weighted by Gasteiger charge is -2.23. The molecule has 3 aromatic rings. The minimum Gasteiger partial charge on any atom is -0.454 e. The van der Waals surface area contributed by atoms with Gasteiger partial charge in [-0.25, -0.2) is 0 Å². The van der Waals surface area contributed by atoms with Crippen LogP contribution in [0.25, 0.3) is 0 Å². The van der Waals surface area contributed by atoms with Crippen LogP contribution in [0.3, 0.4) is 0 Å². The van der Waals surface area contributed by atoms with Crippen LogP contribution < -0.4 is 15.1 Å². The molecule has 3 aromatic carbocycles. The Morgan fingerprint density at radius 2 is 1.31 bits per heavy atom. The van der Waals surface area contributed by atoms with E-state index >= 15 is 0 Å². The molecule has 0 unspecified atom stereocenters. The molecule has 0 bridgehead atoms. The lowest BCUT2D eigenvalue weighted by atomic mass is 10.0. The maximum absolute atomic E-state index is 12.7. The van der Waals surface area contributed by atoms with Crippen molar-refractivity contribution < 1.29 is 9.53 Å². The summed E-state index contributed by atoms with van der Waals surface area (Å²) in [6.45, 7) is 4.65. The van der Waals surface area contributed by atoms with Gasteiger partial charge in [-0.15, -0.1) is 0 Å². The van der Waals surface area contributed by atoms with Crippen molar-refractivity contribution in [1.82, 2.24) is 0 Å². The summed E-state index contributed by atoms with van der Waals surface area (Å²) in [5, 5.41) is 2.69. The van der Waals surface area contributed by atoms with Crippen molar-refractivity contribution in [2.75, 3.05) is 0 Å². The molecule has 0 aromatic heterocycles. The molecule has 2 nitrogen and oxygen atoms in total. The van der Waals surface area contributed by atoms with Crippen molar-refractivity contribution in [3.8, 4) is 5.75 Å². The van der Waals surface area contributed by atoms with Crippen molar-refractivity contribution in [2.45, 2.75) is 13.1 Å². The highest BCUT2D eigenvalue weighted by Crippen LogP contribution is 2.15. The van der Waals surface area contributed by atoms with E-state index in [1.807, 2.05) is 18.2 Å². The van der Waals surface area contributed by atoms with Crippen molar-refractivity contribution in [1.29, 1.82) is 0 Å². The summed E-state index contributed by atoms with van der Waals surface area (Å²) in [7, 11) is -1.75. The topological polar surface area (TPSA) is 26.3 Å². The molecule has 0 heterocycles. The summed E-state index contributed by atoms with van der Waals surface area (Å²) >= 11 is 4.66. The van der Waals surface area contributed by atoms with Gasteiger partial charge >= 0.3 is 0 Å². The quantitative estimate of drug-likeness (QED) is 0.368. The zero-order valence-corrected chi connectivity index (χ0v) is 16.6. The number of carbonyl (C=O) groups is 1. The van der Waals surface area contributed by atoms with E-state index in [0.29, 0.717) is 16.9 Å². The summed E-state index contributed by atoms with van der Waals surface area (Å²) in [4.78, 5) is 12.7. The molecule has 0 aliphatic heterocycles. The highest BCUT2D eigenvalue weighted by Gasteiger charge is 2.25. The van der Waals surface area contributed by atoms with Gasteiger partial charge in [-0.3, -0.25) is 4.79 Å². The monoisotopic (exact) mass is 376 g/mol. The summed E-state index contributed by atoms with van der Waals surface area (Å²) in [5.41, 5.74) is 2.53. The molecule has 0 aliphatic rings. The van der Waals surface area contributed by atoms with E-state index in [0.717, 1.165) is 0 Å². The summed E-state index contributed by atoms with van der Waals surface area (Å²) in [6, 6.07) is 25.6. The third-order valence-electron chi connectivity index (χ3n) is 4.66. The molecule has 26 heavy (non-hydrogen) atoms. The molecule has 0 spiro atoms. The zero-order chi connectivity index (χ0) is 18.6. The van der Waals surface area contributed by atoms with Crippen LogP contribution in [0.4, 0.5) is 0 Å². The van der Waals surface area contributed by atoms with E-state index in [1.165, 1.54) is 15.9 Å². The standard InChI is InChI=1S/C22H20O2SSi/c1-26(2,20-6-4-3-5-7-20)21-14-10-18(11-15-21)22(23)17-8-12-19(13-9-17)24-16-25/h3-16H,1-2H3. The molecule has 0 saturated carbocycles. The Morgan fingerprint density at radius 1 is 0.808 bits per heavy atom. The first-order valence-corrected chi connectivity index (χ1v) is 11.9. The SMILES string of the molecule is C[Si](C)(c1ccccc1)c1ccc(C(=O)c2ccc(OC=S)cc2)cc1. The van der Waals surface area contributed by atoms with Crippen molar-refractivity contribution in [2.24, 2.45) is 0 Å². The Morgan fingerprint density at radius 3 is 1.85 bits per heavy atom. The minimum absolute atomic E-state index is 0.00429. The fraction of sp³-hybridized carbons (Fsp3) is 0.0909. The molecule has 130 valence electrons. The second-order valence-corrected chi connectivity index (χ2v) is 11.2. The normalized spacial score (nSPS) is 11.0.